The van der Waals surface area contributed by atoms with Crippen LogP contribution in [0.3, 0.4) is 0 Å². The molecule has 0 unspecified atom stereocenters. The Morgan fingerprint density at radius 3 is 2.67 bits per heavy atom. The molecule has 0 amide bonds. The van der Waals surface area contributed by atoms with Crippen LogP contribution in [0.25, 0.3) is 0 Å². The maximum absolute atomic E-state index is 11.2. The Kier molecular flexibility index (Phi) is 4.61. The van der Waals surface area contributed by atoms with Crippen LogP contribution in [-0.4, -0.2) is 25.1 Å². The van der Waals surface area contributed by atoms with Gasteiger partial charge in [-0.2, -0.15) is 0 Å². The Balaban J connectivity index is 2.71. The van der Waals surface area contributed by atoms with E-state index >= 15 is 0 Å². The molecule has 0 heterocycles. The first-order valence-electron chi connectivity index (χ1n) is 4.75. The first kappa shape index (κ1) is 11.5. The van der Waals surface area contributed by atoms with E-state index in [9.17, 15) is 9.50 Å². The number of carbonyl (C=O) groups excluding carboxylic acids is 1. The molecule has 0 saturated heterocycles. The van der Waals surface area contributed by atoms with Crippen molar-refractivity contribution in [2.45, 2.75) is 19.4 Å². The Labute approximate surface area is 89.5 Å². The number of benzene rings is 1. The quantitative estimate of drug-likeness (QED) is 0.531. The molecule has 0 fully saturated rings. The summed E-state index contributed by atoms with van der Waals surface area (Å²) in [5.41, 5.74) is 1.04. The molecule has 0 aliphatic heterocycles. The first-order valence-corrected chi connectivity index (χ1v) is 4.75. The number of hydrogen-bond acceptors (Lipinski definition) is 3. The van der Waals surface area contributed by atoms with Gasteiger partial charge in [-0.15, -0.1) is 0 Å². The normalized spacial score (nSPS) is 12.3. The third-order valence-corrected chi connectivity index (χ3v) is 2.07. The van der Waals surface area contributed by atoms with E-state index in [-0.39, 0.29) is 5.78 Å². The van der Waals surface area contributed by atoms with Gasteiger partial charge in [0, 0.05) is 0 Å². The van der Waals surface area contributed by atoms with Gasteiger partial charge < -0.3 is 0 Å². The van der Waals surface area contributed by atoms with E-state index in [0.29, 0.717) is 13.6 Å². The van der Waals surface area contributed by atoms with Crippen LogP contribution in [0.5, 0.6) is 0 Å². The van der Waals surface area contributed by atoms with Crippen molar-refractivity contribution in [1.82, 2.24) is 0 Å². The summed E-state index contributed by atoms with van der Waals surface area (Å²) in [6.07, 6.45) is 1.68. The zero-order valence-corrected chi connectivity index (χ0v) is 8.59. The molecule has 0 radical (unpaired) electrons. The molecule has 4 heteroatoms. The molecule has 1 rings (SSSR count). The molecule has 1 atom stereocenters. The number of carbonyl (C=O) groups is 1. The Bertz CT molecular complexity index is 362. The van der Waals surface area contributed by atoms with Gasteiger partial charge >= 0.3 is 88.8 Å². The topological polar surface area (TPSA) is 46.5 Å². The van der Waals surface area contributed by atoms with Crippen molar-refractivity contribution in [3.63, 3.8) is 0 Å². The van der Waals surface area contributed by atoms with Crippen molar-refractivity contribution in [1.29, 1.82) is 0 Å². The minimum absolute atomic E-state index is 0.0306. The average molecular weight is 201 g/mol. The van der Waals surface area contributed by atoms with Gasteiger partial charge in [0.1, 0.15) is 0 Å². The molecule has 0 spiro atoms. The Hall–Kier alpha value is -1.58. The summed E-state index contributed by atoms with van der Waals surface area (Å²) >= 11 is 0. The standard InChI is InChI=1S/C11H12BNO2/c1-9(14)11(13-8-12-15)7-10-5-3-2-4-6-10/h2-6,8,11H,7H2,1H3/t11-/m0/s1. The maximum atomic E-state index is 11.2. The molecule has 0 aliphatic rings. The van der Waals surface area contributed by atoms with E-state index in [0.717, 1.165) is 11.7 Å². The van der Waals surface area contributed by atoms with Gasteiger partial charge in [0.25, 0.3) is 0 Å². The fourth-order valence-corrected chi connectivity index (χ4v) is 1.28. The van der Waals surface area contributed by atoms with E-state index in [4.69, 9.17) is 0 Å². The predicted molar refractivity (Wildman–Crippen MR) is 59.5 cm³/mol. The Morgan fingerprint density at radius 1 is 1.47 bits per heavy atom. The van der Waals surface area contributed by atoms with Crippen molar-refractivity contribution in [3.05, 3.63) is 35.9 Å². The number of ketones is 1. The number of nitrogens with zero attached hydrogens (tertiary/aromatic N) is 1. The van der Waals surface area contributed by atoms with Crippen molar-refractivity contribution < 1.29 is 9.50 Å². The van der Waals surface area contributed by atoms with Gasteiger partial charge in [-0.05, 0) is 0 Å². The van der Waals surface area contributed by atoms with E-state index < -0.39 is 6.04 Å². The molecule has 1 aromatic carbocycles. The van der Waals surface area contributed by atoms with Crippen LogP contribution in [-0.2, 0) is 15.9 Å². The summed E-state index contributed by atoms with van der Waals surface area (Å²) < 4.78 is 10.1. The Morgan fingerprint density at radius 2 is 2.13 bits per heavy atom. The number of aliphatic imine (C=N–C) groups is 1. The summed E-state index contributed by atoms with van der Waals surface area (Å²) in [7, 11) is 0.584. The third kappa shape index (κ3) is 3.98. The molecule has 1 aromatic rings. The molecule has 0 bridgehead atoms. The summed E-state index contributed by atoms with van der Waals surface area (Å²) in [5, 5.41) is 0. The molecular formula is C11H12BNO2. The van der Waals surface area contributed by atoms with Gasteiger partial charge in [-0.3, -0.25) is 0 Å². The van der Waals surface area contributed by atoms with Gasteiger partial charge in [0.05, 0.1) is 0 Å². The second-order valence-corrected chi connectivity index (χ2v) is 3.25. The van der Waals surface area contributed by atoms with E-state index in [1.165, 1.54) is 6.92 Å². The van der Waals surface area contributed by atoms with Crippen LogP contribution >= 0.6 is 0 Å². The molecule has 0 aliphatic carbocycles. The summed E-state index contributed by atoms with van der Waals surface area (Å²) in [6, 6.07) is 9.17. The molecule has 76 valence electrons. The van der Waals surface area contributed by atoms with Crippen molar-refractivity contribution >= 4 is 19.0 Å². The molecule has 0 saturated carbocycles. The molecule has 15 heavy (non-hydrogen) atoms. The summed E-state index contributed by atoms with van der Waals surface area (Å²) in [6.45, 7) is 1.48. The number of Topliss-reactive ketones (excluding diaryl/α,β-unsaturated/α-hetero) is 1. The zero-order valence-electron chi connectivity index (χ0n) is 8.59. The molecule has 0 aromatic heterocycles. The zero-order chi connectivity index (χ0) is 11.1. The van der Waals surface area contributed by atoms with E-state index in [2.05, 4.69) is 4.99 Å². The van der Waals surface area contributed by atoms with Crippen LogP contribution in [0.2, 0.25) is 0 Å². The minimum atomic E-state index is -0.447. The fourth-order valence-electron chi connectivity index (χ4n) is 1.28. The monoisotopic (exact) mass is 201 g/mol. The van der Waals surface area contributed by atoms with Gasteiger partial charge in [-0.25, -0.2) is 0 Å². The summed E-state index contributed by atoms with van der Waals surface area (Å²) in [5.74, 6) is -0.0306. The first-order chi connectivity index (χ1) is 7.24. The summed E-state index contributed by atoms with van der Waals surface area (Å²) in [4.78, 5) is 15.1. The second-order valence-electron chi connectivity index (χ2n) is 3.25. The third-order valence-electron chi connectivity index (χ3n) is 2.07. The molecule has 0 N–H and O–H groups in total. The van der Waals surface area contributed by atoms with Crippen molar-refractivity contribution in [3.8, 4) is 0 Å². The van der Waals surface area contributed by atoms with Gasteiger partial charge in [0.15, 0.2) is 0 Å². The van der Waals surface area contributed by atoms with Crippen LogP contribution < -0.4 is 0 Å². The van der Waals surface area contributed by atoms with Gasteiger partial charge in [-0.1, -0.05) is 0 Å². The fraction of sp³-hybridized carbons (Fsp3) is 0.273. The van der Waals surface area contributed by atoms with Crippen LogP contribution in [0.4, 0.5) is 0 Å². The second kappa shape index (κ2) is 6.01. The SMILES string of the molecule is CC(=O)[C@H](Cc1ccccc1)N=CB=O. The van der Waals surface area contributed by atoms with Crippen molar-refractivity contribution in [2.24, 2.45) is 4.99 Å². The predicted octanol–water partition coefficient (Wildman–Crippen LogP) is 1.26. The van der Waals surface area contributed by atoms with E-state index in [1.807, 2.05) is 30.3 Å². The van der Waals surface area contributed by atoms with Crippen LogP contribution in [0.1, 0.15) is 12.5 Å². The molecule has 3 nitrogen and oxygen atoms in total. The van der Waals surface area contributed by atoms with Crippen LogP contribution in [0.15, 0.2) is 35.3 Å². The van der Waals surface area contributed by atoms with E-state index in [1.54, 1.807) is 0 Å². The van der Waals surface area contributed by atoms with Crippen molar-refractivity contribution in [2.75, 3.05) is 0 Å². The average Bonchev–Trinajstić information content (AvgIpc) is 2.25. The number of hydrogen-bond donors (Lipinski definition) is 0. The molecular weight excluding hydrogens is 189 g/mol. The van der Waals surface area contributed by atoms with Gasteiger partial charge in [0.2, 0.25) is 0 Å². The number of rotatable bonds is 5. The van der Waals surface area contributed by atoms with Crippen LogP contribution in [0, 0.1) is 0 Å².